The Hall–Kier alpha value is -3.90. The average molecular weight is 571 g/mol. The average Bonchev–Trinajstić information content (AvgIpc) is 3.00. The molecule has 1 aromatic rings. The number of anilines is 1. The summed E-state index contributed by atoms with van der Waals surface area (Å²) in [6, 6.07) is 7.55. The highest BCUT2D eigenvalue weighted by Gasteiger charge is 2.22. The van der Waals surface area contributed by atoms with E-state index in [1.54, 1.807) is 12.1 Å². The van der Waals surface area contributed by atoms with Crippen molar-refractivity contribution < 1.29 is 9.18 Å². The first-order valence-electron chi connectivity index (χ1n) is 15.0. The number of halogens is 1. The summed E-state index contributed by atoms with van der Waals surface area (Å²) in [5, 5.41) is 7.07. The molecule has 0 saturated heterocycles. The highest BCUT2D eigenvalue weighted by atomic mass is 19.1. The molecule has 1 heterocycles. The zero-order valence-corrected chi connectivity index (χ0v) is 26.1. The van der Waals surface area contributed by atoms with Crippen LogP contribution in [0.15, 0.2) is 118 Å². The normalized spacial score (nSPS) is 17.7. The first-order valence-corrected chi connectivity index (χ1v) is 15.0. The summed E-state index contributed by atoms with van der Waals surface area (Å²) in [5.41, 5.74) is 14.5. The lowest BCUT2D eigenvalue weighted by Crippen LogP contribution is -2.25. The molecule has 4 N–H and O–H groups in total. The molecule has 1 aromatic carbocycles. The molecule has 1 aliphatic carbocycles. The van der Waals surface area contributed by atoms with Crippen LogP contribution in [0.1, 0.15) is 70.7 Å². The Morgan fingerprint density at radius 1 is 1.19 bits per heavy atom. The number of benzene rings is 1. The van der Waals surface area contributed by atoms with Crippen LogP contribution in [-0.2, 0) is 0 Å². The zero-order chi connectivity index (χ0) is 30.6. The Balaban J connectivity index is 1.78. The summed E-state index contributed by atoms with van der Waals surface area (Å²) >= 11 is 0. The lowest BCUT2D eigenvalue weighted by molar-refractivity contribution is 0.100. The molecule has 6 heteroatoms. The summed E-state index contributed by atoms with van der Waals surface area (Å²) < 4.78 is 14.1. The van der Waals surface area contributed by atoms with E-state index in [4.69, 9.17) is 5.73 Å². The van der Waals surface area contributed by atoms with E-state index in [0.717, 1.165) is 47.5 Å². The van der Waals surface area contributed by atoms with Crippen LogP contribution in [0.25, 0.3) is 0 Å². The summed E-state index contributed by atoms with van der Waals surface area (Å²) in [7, 11) is 2.11. The summed E-state index contributed by atoms with van der Waals surface area (Å²) in [4.78, 5) is 14.1. The number of rotatable bonds is 13. The van der Waals surface area contributed by atoms with Gasteiger partial charge >= 0.3 is 0 Å². The van der Waals surface area contributed by atoms with Gasteiger partial charge in [0.25, 0.3) is 0 Å². The van der Waals surface area contributed by atoms with Crippen LogP contribution in [-0.4, -0.2) is 36.9 Å². The zero-order valence-electron chi connectivity index (χ0n) is 26.1. The predicted molar refractivity (Wildman–Crippen MR) is 176 cm³/mol. The molecular formula is C36H47FN4O. The Kier molecular flexibility index (Phi) is 12.4. The third kappa shape index (κ3) is 8.56. The van der Waals surface area contributed by atoms with Gasteiger partial charge in [0.05, 0.1) is 6.54 Å². The topological polar surface area (TPSA) is 70.4 Å². The van der Waals surface area contributed by atoms with E-state index in [1.165, 1.54) is 16.8 Å². The maximum absolute atomic E-state index is 14.1. The standard InChI is InChI=1S/C36H47FN4O/c1-7-11-34(40-31-18-14-28(15-19-31)35(42)23-38)26(5)24-39-30(9-3)17-13-27(8-2)32-12-10-21-41(6)36(32)29-16-20-33(37)25(4)22-29/h8,10-15,17-19,22,24,30,39-40H,7,9,16,20-21,23,38H2,1-6H3/b17-13-,26-24+,27-8+,34-11?. The maximum Gasteiger partial charge on any atom is 0.176 e. The van der Waals surface area contributed by atoms with Crippen LogP contribution < -0.4 is 16.4 Å². The fourth-order valence-electron chi connectivity index (χ4n) is 5.10. The highest BCUT2D eigenvalue weighted by Crippen LogP contribution is 2.35. The molecular weight excluding hydrogens is 523 g/mol. The summed E-state index contributed by atoms with van der Waals surface area (Å²) in [5.74, 6) is -0.0797. The molecule has 224 valence electrons. The van der Waals surface area contributed by atoms with Crippen molar-refractivity contribution in [3.63, 3.8) is 0 Å². The van der Waals surface area contributed by atoms with Gasteiger partial charge in [-0.3, -0.25) is 4.79 Å². The number of carbonyl (C=O) groups excluding carboxylic acids is 1. The second kappa shape index (κ2) is 15.9. The fourth-order valence-corrected chi connectivity index (χ4v) is 5.10. The van der Waals surface area contributed by atoms with Crippen molar-refractivity contribution in [2.24, 2.45) is 5.73 Å². The van der Waals surface area contributed by atoms with Crippen LogP contribution in [0.4, 0.5) is 10.1 Å². The molecule has 1 atom stereocenters. The fraction of sp³-hybridized carbons (Fsp3) is 0.361. The first-order chi connectivity index (χ1) is 20.2. The first kappa shape index (κ1) is 32.6. The van der Waals surface area contributed by atoms with Crippen LogP contribution in [0, 0.1) is 0 Å². The molecule has 2 aliphatic rings. The van der Waals surface area contributed by atoms with Gasteiger partial charge in [-0.05, 0) is 86.6 Å². The van der Waals surface area contributed by atoms with Gasteiger partial charge < -0.3 is 21.3 Å². The van der Waals surface area contributed by atoms with Crippen LogP contribution in [0.3, 0.4) is 0 Å². The number of ketones is 1. The number of likely N-dealkylation sites (N-methyl/N-ethyl adjacent to an activating group) is 1. The molecule has 0 fully saturated rings. The quantitative estimate of drug-likeness (QED) is 0.165. The van der Waals surface area contributed by atoms with Crippen molar-refractivity contribution in [1.29, 1.82) is 0 Å². The lowest BCUT2D eigenvalue weighted by Gasteiger charge is -2.31. The Labute approximate surface area is 251 Å². The number of hydrogen-bond donors (Lipinski definition) is 3. The third-order valence-electron chi connectivity index (χ3n) is 7.63. The number of allylic oxidation sites excluding steroid dienone is 11. The number of carbonyl (C=O) groups is 1. The highest BCUT2D eigenvalue weighted by molar-refractivity contribution is 5.97. The SMILES string of the molecule is C/C=C(\C=C/C(CC)N/C=C(\C)C(=CCC)Nc1ccc(C(=O)CN)cc1)C1=C(C2=CC(C)=C(F)CC2)N(C)CC=C1. The molecule has 5 nitrogen and oxygen atoms in total. The predicted octanol–water partition coefficient (Wildman–Crippen LogP) is 8.03. The molecule has 0 bridgehead atoms. The molecule has 3 rings (SSSR count). The van der Waals surface area contributed by atoms with Gasteiger partial charge in [-0.1, -0.05) is 56.4 Å². The minimum absolute atomic E-state index is 0.00692. The van der Waals surface area contributed by atoms with Gasteiger partial charge in [0.1, 0.15) is 5.83 Å². The lowest BCUT2D eigenvalue weighted by atomic mass is 9.89. The van der Waals surface area contributed by atoms with Crippen LogP contribution >= 0.6 is 0 Å². The van der Waals surface area contributed by atoms with E-state index in [1.807, 2.05) is 25.1 Å². The summed E-state index contributed by atoms with van der Waals surface area (Å²) in [6.07, 6.45) is 20.1. The van der Waals surface area contributed by atoms with Crippen molar-refractivity contribution in [2.45, 2.75) is 66.3 Å². The van der Waals surface area contributed by atoms with Gasteiger partial charge in [-0.15, -0.1) is 0 Å². The number of nitrogens with zero attached hydrogens (tertiary/aromatic N) is 1. The Morgan fingerprint density at radius 3 is 2.55 bits per heavy atom. The molecule has 1 aliphatic heterocycles. The molecule has 0 amide bonds. The van der Waals surface area contributed by atoms with Crippen molar-refractivity contribution in [1.82, 2.24) is 10.2 Å². The van der Waals surface area contributed by atoms with Crippen molar-refractivity contribution in [2.75, 3.05) is 25.5 Å². The molecule has 0 radical (unpaired) electrons. The van der Waals surface area contributed by atoms with Gasteiger partial charge in [0.2, 0.25) is 0 Å². The van der Waals surface area contributed by atoms with Gasteiger partial charge in [0, 0.05) is 60.5 Å². The summed E-state index contributed by atoms with van der Waals surface area (Å²) in [6.45, 7) is 11.1. The number of nitrogens with two attached hydrogens (primary N) is 1. The minimum Gasteiger partial charge on any atom is -0.384 e. The molecule has 0 aromatic heterocycles. The monoisotopic (exact) mass is 570 g/mol. The smallest absolute Gasteiger partial charge is 0.176 e. The Morgan fingerprint density at radius 2 is 1.93 bits per heavy atom. The second-order valence-electron chi connectivity index (χ2n) is 10.8. The van der Waals surface area contributed by atoms with Crippen molar-refractivity contribution in [3.05, 3.63) is 124 Å². The van der Waals surface area contributed by atoms with Crippen molar-refractivity contribution in [3.8, 4) is 0 Å². The van der Waals surface area contributed by atoms with Gasteiger partial charge in [-0.25, -0.2) is 4.39 Å². The molecule has 0 spiro atoms. The third-order valence-corrected chi connectivity index (χ3v) is 7.63. The number of nitrogens with one attached hydrogen (secondary N) is 2. The van der Waals surface area contributed by atoms with E-state index in [-0.39, 0.29) is 24.2 Å². The molecule has 42 heavy (non-hydrogen) atoms. The second-order valence-corrected chi connectivity index (χ2v) is 10.8. The van der Waals surface area contributed by atoms with E-state index in [9.17, 15) is 9.18 Å². The maximum atomic E-state index is 14.1. The van der Waals surface area contributed by atoms with Gasteiger partial charge in [0.15, 0.2) is 5.78 Å². The van der Waals surface area contributed by atoms with Crippen LogP contribution in [0.2, 0.25) is 0 Å². The molecule has 0 saturated carbocycles. The largest absolute Gasteiger partial charge is 0.384 e. The number of Topliss-reactive ketones (excluding diaryl/α,β-unsaturated/α-hetero) is 1. The van der Waals surface area contributed by atoms with E-state index < -0.39 is 0 Å². The van der Waals surface area contributed by atoms with Crippen LogP contribution in [0.5, 0.6) is 0 Å². The Bertz CT molecular complexity index is 1370. The van der Waals surface area contributed by atoms with E-state index in [2.05, 4.69) is 92.9 Å². The van der Waals surface area contributed by atoms with E-state index >= 15 is 0 Å². The van der Waals surface area contributed by atoms with E-state index in [0.29, 0.717) is 18.4 Å². The van der Waals surface area contributed by atoms with Crippen molar-refractivity contribution >= 4 is 11.5 Å². The molecule has 1 unspecified atom stereocenters. The van der Waals surface area contributed by atoms with Gasteiger partial charge in [-0.2, -0.15) is 0 Å². The minimum atomic E-state index is -0.0707. The number of hydrogen-bond acceptors (Lipinski definition) is 5.